The van der Waals surface area contributed by atoms with Crippen LogP contribution >= 0.6 is 11.3 Å². The minimum atomic E-state index is -0.348. The monoisotopic (exact) mass is 394 g/mol. The van der Waals surface area contributed by atoms with Crippen molar-refractivity contribution in [2.45, 2.75) is 38.6 Å². The largest absolute Gasteiger partial charge is 0.485 e. The molecule has 0 amide bonds. The first kappa shape index (κ1) is 16.3. The molecule has 2 aliphatic heterocycles. The molecule has 7 nitrogen and oxygen atoms in total. The van der Waals surface area contributed by atoms with E-state index in [1.165, 1.54) is 10.4 Å². The molecule has 8 heteroatoms. The third-order valence-corrected chi connectivity index (χ3v) is 6.33. The van der Waals surface area contributed by atoms with E-state index in [4.69, 9.17) is 19.2 Å². The molecule has 0 saturated heterocycles. The summed E-state index contributed by atoms with van der Waals surface area (Å²) in [5.74, 6) is 2.07. The summed E-state index contributed by atoms with van der Waals surface area (Å²) in [4.78, 5) is 11.6. The first-order valence-electron chi connectivity index (χ1n) is 9.25. The number of hydrogen-bond acceptors (Lipinski definition) is 7. The van der Waals surface area contributed by atoms with Gasteiger partial charge in [0, 0.05) is 11.3 Å². The Morgan fingerprint density at radius 3 is 2.96 bits per heavy atom. The Hall–Kier alpha value is -2.71. The van der Waals surface area contributed by atoms with Crippen LogP contribution in [-0.4, -0.2) is 31.8 Å². The van der Waals surface area contributed by atoms with Crippen molar-refractivity contribution in [3.05, 3.63) is 46.9 Å². The summed E-state index contributed by atoms with van der Waals surface area (Å²) >= 11 is 1.68. The Labute approximate surface area is 164 Å². The van der Waals surface area contributed by atoms with Crippen molar-refractivity contribution in [3.63, 3.8) is 0 Å². The van der Waals surface area contributed by atoms with Gasteiger partial charge < -0.3 is 14.2 Å². The van der Waals surface area contributed by atoms with E-state index >= 15 is 0 Å². The van der Waals surface area contributed by atoms with Gasteiger partial charge in [0.2, 0.25) is 0 Å². The molecule has 3 aromatic heterocycles. The fraction of sp³-hybridized carbons (Fsp3) is 0.350. The summed E-state index contributed by atoms with van der Waals surface area (Å²) < 4.78 is 19.6. The van der Waals surface area contributed by atoms with Gasteiger partial charge in [-0.15, -0.1) is 16.4 Å². The maximum absolute atomic E-state index is 6.09. The molecule has 0 fully saturated rings. The predicted octanol–water partition coefficient (Wildman–Crippen LogP) is 3.70. The maximum Gasteiger partial charge on any atom is 0.196 e. The third-order valence-electron chi connectivity index (χ3n) is 5.22. The maximum atomic E-state index is 6.09. The fourth-order valence-electron chi connectivity index (χ4n) is 3.84. The molecule has 4 aromatic rings. The van der Waals surface area contributed by atoms with Crippen molar-refractivity contribution in [3.8, 4) is 11.5 Å². The molecule has 142 valence electrons. The van der Waals surface area contributed by atoms with E-state index in [2.05, 4.69) is 23.9 Å². The number of rotatable bonds is 1. The van der Waals surface area contributed by atoms with Gasteiger partial charge in [0.1, 0.15) is 17.8 Å². The Balaban J connectivity index is 1.47. The predicted molar refractivity (Wildman–Crippen MR) is 104 cm³/mol. The summed E-state index contributed by atoms with van der Waals surface area (Å²) in [6.07, 6.45) is 2.21. The second-order valence-electron chi connectivity index (χ2n) is 7.76. The SMILES string of the molecule is CC1(C)Cc2c(sc3ncn4nc(C5COc6ccccc6O5)nc4c23)CO1. The average molecular weight is 394 g/mol. The molecule has 0 bridgehead atoms. The molecular weight excluding hydrogens is 376 g/mol. The van der Waals surface area contributed by atoms with Crippen LogP contribution in [0.1, 0.15) is 36.2 Å². The Morgan fingerprint density at radius 1 is 1.21 bits per heavy atom. The summed E-state index contributed by atoms with van der Waals surface area (Å²) in [7, 11) is 0. The Kier molecular flexibility index (Phi) is 3.28. The van der Waals surface area contributed by atoms with E-state index in [9.17, 15) is 0 Å². The van der Waals surface area contributed by atoms with Gasteiger partial charge in [0.15, 0.2) is 29.1 Å². The summed E-state index contributed by atoms with van der Waals surface area (Å²) in [6.45, 7) is 5.24. The number of ether oxygens (including phenoxy) is 3. The van der Waals surface area contributed by atoms with E-state index in [1.807, 2.05) is 24.3 Å². The highest BCUT2D eigenvalue weighted by Crippen LogP contribution is 2.40. The van der Waals surface area contributed by atoms with Crippen LogP contribution in [0.4, 0.5) is 0 Å². The quantitative estimate of drug-likeness (QED) is 0.490. The van der Waals surface area contributed by atoms with Crippen molar-refractivity contribution in [1.82, 2.24) is 19.6 Å². The third kappa shape index (κ3) is 2.41. The topological polar surface area (TPSA) is 70.8 Å². The standard InChI is InChI=1S/C20H18N4O3S/c1-20(2)7-11-15(9-26-20)28-19-16(11)18-22-17(23-24(18)10-21-19)14-8-25-12-5-3-4-6-13(12)27-14/h3-6,10,14H,7-9H2,1-2H3. The zero-order chi connectivity index (χ0) is 18.9. The number of hydrogen-bond donors (Lipinski definition) is 0. The molecule has 0 aliphatic carbocycles. The molecule has 1 atom stereocenters. The van der Waals surface area contributed by atoms with Crippen LogP contribution in [0.5, 0.6) is 11.5 Å². The highest BCUT2D eigenvalue weighted by molar-refractivity contribution is 7.19. The second-order valence-corrected chi connectivity index (χ2v) is 8.84. The lowest BCUT2D eigenvalue weighted by Crippen LogP contribution is -2.31. The van der Waals surface area contributed by atoms with Crippen LogP contribution in [0.2, 0.25) is 0 Å². The van der Waals surface area contributed by atoms with Gasteiger partial charge in [0.25, 0.3) is 0 Å². The smallest absolute Gasteiger partial charge is 0.196 e. The Morgan fingerprint density at radius 2 is 2.07 bits per heavy atom. The van der Waals surface area contributed by atoms with Crippen LogP contribution < -0.4 is 9.47 Å². The number of nitrogens with zero attached hydrogens (tertiary/aromatic N) is 4. The summed E-state index contributed by atoms with van der Waals surface area (Å²) in [5, 5.41) is 5.71. The number of thiophene rings is 1. The van der Waals surface area contributed by atoms with Gasteiger partial charge in [0.05, 0.1) is 17.6 Å². The van der Waals surface area contributed by atoms with E-state index < -0.39 is 0 Å². The number of para-hydroxylation sites is 2. The Bertz CT molecular complexity index is 1230. The number of fused-ring (bicyclic) bond motifs is 6. The first-order valence-corrected chi connectivity index (χ1v) is 10.1. The zero-order valence-electron chi connectivity index (χ0n) is 15.5. The van der Waals surface area contributed by atoms with Crippen molar-refractivity contribution in [1.29, 1.82) is 0 Å². The molecule has 0 spiro atoms. The van der Waals surface area contributed by atoms with Gasteiger partial charge in [-0.3, -0.25) is 0 Å². The first-order chi connectivity index (χ1) is 13.6. The molecule has 0 radical (unpaired) electrons. The molecule has 0 saturated carbocycles. The van der Waals surface area contributed by atoms with Gasteiger partial charge in [-0.2, -0.15) is 0 Å². The van der Waals surface area contributed by atoms with Crippen molar-refractivity contribution < 1.29 is 14.2 Å². The summed E-state index contributed by atoms with van der Waals surface area (Å²) in [6, 6.07) is 7.65. The lowest BCUT2D eigenvalue weighted by atomic mass is 9.94. The van der Waals surface area contributed by atoms with Crippen molar-refractivity contribution >= 4 is 27.2 Å². The second kappa shape index (κ2) is 5.65. The van der Waals surface area contributed by atoms with Gasteiger partial charge >= 0.3 is 0 Å². The molecule has 5 heterocycles. The van der Waals surface area contributed by atoms with Crippen LogP contribution in [0, 0.1) is 0 Å². The lowest BCUT2D eigenvalue weighted by Gasteiger charge is -2.30. The fourth-order valence-corrected chi connectivity index (χ4v) is 4.91. The van der Waals surface area contributed by atoms with Crippen molar-refractivity contribution in [2.75, 3.05) is 6.61 Å². The molecule has 0 N–H and O–H groups in total. The molecule has 2 aliphatic rings. The van der Waals surface area contributed by atoms with Gasteiger partial charge in [-0.25, -0.2) is 14.5 Å². The van der Waals surface area contributed by atoms with Crippen LogP contribution in [0.25, 0.3) is 15.9 Å². The van der Waals surface area contributed by atoms with E-state index in [0.717, 1.165) is 28.0 Å². The normalized spacial score (nSPS) is 20.4. The highest BCUT2D eigenvalue weighted by atomic mass is 32.1. The van der Waals surface area contributed by atoms with E-state index in [1.54, 1.807) is 22.2 Å². The van der Waals surface area contributed by atoms with Gasteiger partial charge in [-0.05, 0) is 31.5 Å². The zero-order valence-corrected chi connectivity index (χ0v) is 16.3. The summed E-state index contributed by atoms with van der Waals surface area (Å²) in [5.41, 5.74) is 1.90. The average Bonchev–Trinajstić information content (AvgIpc) is 3.27. The highest BCUT2D eigenvalue weighted by Gasteiger charge is 2.32. The lowest BCUT2D eigenvalue weighted by molar-refractivity contribution is -0.0379. The van der Waals surface area contributed by atoms with E-state index in [-0.39, 0.29) is 11.7 Å². The number of benzene rings is 1. The van der Waals surface area contributed by atoms with Gasteiger partial charge in [-0.1, -0.05) is 12.1 Å². The molecule has 28 heavy (non-hydrogen) atoms. The van der Waals surface area contributed by atoms with Crippen LogP contribution in [0.3, 0.4) is 0 Å². The molecular formula is C20H18N4O3S. The van der Waals surface area contributed by atoms with Crippen LogP contribution in [-0.2, 0) is 17.8 Å². The molecule has 1 aromatic carbocycles. The minimum Gasteiger partial charge on any atom is -0.485 e. The van der Waals surface area contributed by atoms with Crippen LogP contribution in [0.15, 0.2) is 30.6 Å². The molecule has 6 rings (SSSR count). The molecule has 1 unspecified atom stereocenters. The number of aromatic nitrogens is 4. The van der Waals surface area contributed by atoms with Crippen molar-refractivity contribution in [2.24, 2.45) is 0 Å². The van der Waals surface area contributed by atoms with E-state index in [0.29, 0.717) is 24.8 Å². The minimum absolute atomic E-state index is 0.194.